The number of nitrogens with one attached hydrogen (secondary N) is 1. The molecule has 0 radical (unpaired) electrons. The molecule has 0 aromatic heterocycles. The van der Waals surface area contributed by atoms with Crippen molar-refractivity contribution in [1.29, 1.82) is 0 Å². The number of rotatable bonds is 4. The quantitative estimate of drug-likeness (QED) is 0.855. The maximum atomic E-state index is 13.2. The zero-order chi connectivity index (χ0) is 14.9. The van der Waals surface area contributed by atoms with Crippen molar-refractivity contribution < 1.29 is 18.7 Å². The van der Waals surface area contributed by atoms with E-state index in [9.17, 15) is 14.0 Å². The third-order valence-electron chi connectivity index (χ3n) is 3.56. The zero-order valence-electron chi connectivity index (χ0n) is 11.2. The fraction of sp³-hybridized carbons (Fsp3) is 0.429. The van der Waals surface area contributed by atoms with Gasteiger partial charge in [-0.15, -0.1) is 0 Å². The molecule has 20 heavy (non-hydrogen) atoms. The van der Waals surface area contributed by atoms with Gasteiger partial charge in [0.1, 0.15) is 11.4 Å². The number of carbonyl (C=O) groups excluding carboxylic acids is 2. The van der Waals surface area contributed by atoms with E-state index < -0.39 is 23.2 Å². The lowest BCUT2D eigenvalue weighted by atomic mass is 9.95. The number of halogens is 2. The monoisotopic (exact) mass is 343 g/mol. The Balaban J connectivity index is 2.20. The van der Waals surface area contributed by atoms with E-state index >= 15 is 0 Å². The Kier molecular flexibility index (Phi) is 4.13. The Bertz CT molecular complexity index is 559. The first-order chi connectivity index (χ1) is 9.38. The van der Waals surface area contributed by atoms with Crippen LogP contribution < -0.4 is 5.32 Å². The molecule has 0 spiro atoms. The van der Waals surface area contributed by atoms with E-state index in [1.54, 1.807) is 6.92 Å². The number of methoxy groups -OCH3 is 1. The van der Waals surface area contributed by atoms with Crippen molar-refractivity contribution in [2.45, 2.75) is 25.3 Å². The summed E-state index contributed by atoms with van der Waals surface area (Å²) in [6.07, 6.45) is 1.75. The van der Waals surface area contributed by atoms with Crippen LogP contribution in [0.5, 0.6) is 0 Å². The van der Waals surface area contributed by atoms with Gasteiger partial charge < -0.3 is 10.1 Å². The molecule has 1 saturated carbocycles. The number of amides is 1. The van der Waals surface area contributed by atoms with Crippen LogP contribution >= 0.6 is 15.9 Å². The van der Waals surface area contributed by atoms with Gasteiger partial charge in [-0.2, -0.15) is 0 Å². The Labute approximate surface area is 124 Å². The summed E-state index contributed by atoms with van der Waals surface area (Å²) >= 11 is 3.03. The fourth-order valence-electron chi connectivity index (χ4n) is 2.14. The molecule has 0 aliphatic heterocycles. The second kappa shape index (κ2) is 5.52. The fourth-order valence-corrected chi connectivity index (χ4v) is 2.52. The van der Waals surface area contributed by atoms with Gasteiger partial charge in [0.2, 0.25) is 0 Å². The molecule has 1 atom stereocenters. The van der Waals surface area contributed by atoms with E-state index in [0.717, 1.165) is 12.8 Å². The largest absolute Gasteiger partial charge is 0.467 e. The summed E-state index contributed by atoms with van der Waals surface area (Å²) in [5, 5.41) is 2.71. The van der Waals surface area contributed by atoms with E-state index in [0.29, 0.717) is 0 Å². The van der Waals surface area contributed by atoms with Crippen molar-refractivity contribution >= 4 is 27.8 Å². The first-order valence-corrected chi connectivity index (χ1v) is 7.03. The normalized spacial score (nSPS) is 17.2. The lowest BCUT2D eigenvalue weighted by Crippen LogP contribution is -2.54. The number of esters is 1. The predicted octanol–water partition coefficient (Wildman–Crippen LogP) is 2.66. The molecular weight excluding hydrogens is 329 g/mol. The summed E-state index contributed by atoms with van der Waals surface area (Å²) in [6, 6.07) is 3.96. The summed E-state index contributed by atoms with van der Waals surface area (Å²) in [7, 11) is 1.30. The molecule has 0 bridgehead atoms. The third kappa shape index (κ3) is 2.85. The van der Waals surface area contributed by atoms with E-state index in [-0.39, 0.29) is 16.0 Å². The van der Waals surface area contributed by atoms with Gasteiger partial charge in [0.25, 0.3) is 5.91 Å². The van der Waals surface area contributed by atoms with Crippen LogP contribution in [0.2, 0.25) is 0 Å². The Morgan fingerprint density at radius 2 is 2.10 bits per heavy atom. The highest BCUT2D eigenvalue weighted by Crippen LogP contribution is 2.40. The zero-order valence-corrected chi connectivity index (χ0v) is 12.8. The summed E-state index contributed by atoms with van der Waals surface area (Å²) in [6.45, 7) is 1.66. The molecule has 1 fully saturated rings. The minimum atomic E-state index is -1.04. The van der Waals surface area contributed by atoms with Crippen LogP contribution in [0.25, 0.3) is 0 Å². The molecule has 1 aliphatic rings. The lowest BCUT2D eigenvalue weighted by molar-refractivity contribution is -0.148. The van der Waals surface area contributed by atoms with E-state index in [1.807, 2.05) is 0 Å². The van der Waals surface area contributed by atoms with Gasteiger partial charge in [0, 0.05) is 5.56 Å². The van der Waals surface area contributed by atoms with Gasteiger partial charge in [0.15, 0.2) is 0 Å². The standard InChI is InChI=1S/C14H15BrFNO3/c1-14(9-4-5-9,13(19)20-2)17-12(18)8-3-6-11(16)10(15)7-8/h3,6-7,9H,4-5H2,1-2H3,(H,17,18). The van der Waals surface area contributed by atoms with Gasteiger partial charge >= 0.3 is 5.97 Å². The van der Waals surface area contributed by atoms with Crippen LogP contribution in [0.1, 0.15) is 30.1 Å². The van der Waals surface area contributed by atoms with Gasteiger partial charge in [-0.25, -0.2) is 9.18 Å². The van der Waals surface area contributed by atoms with Crippen molar-refractivity contribution in [3.8, 4) is 0 Å². The average molecular weight is 344 g/mol. The predicted molar refractivity (Wildman–Crippen MR) is 74.7 cm³/mol. The number of hydrogen-bond acceptors (Lipinski definition) is 3. The van der Waals surface area contributed by atoms with Crippen molar-refractivity contribution in [2.75, 3.05) is 7.11 Å². The van der Waals surface area contributed by atoms with Gasteiger partial charge in [-0.05, 0) is 59.8 Å². The molecule has 2 rings (SSSR count). The van der Waals surface area contributed by atoms with Crippen LogP contribution in [0.4, 0.5) is 4.39 Å². The molecule has 0 saturated heterocycles. The van der Waals surface area contributed by atoms with Gasteiger partial charge in [-0.3, -0.25) is 4.79 Å². The second-order valence-electron chi connectivity index (χ2n) is 5.05. The van der Waals surface area contributed by atoms with Crippen LogP contribution in [-0.4, -0.2) is 24.5 Å². The number of carbonyl (C=O) groups is 2. The maximum absolute atomic E-state index is 13.2. The summed E-state index contributed by atoms with van der Waals surface area (Å²) in [5.74, 6) is -1.25. The highest BCUT2D eigenvalue weighted by Gasteiger charge is 2.49. The van der Waals surface area contributed by atoms with E-state index in [2.05, 4.69) is 21.2 Å². The molecule has 1 amide bonds. The topological polar surface area (TPSA) is 55.4 Å². The second-order valence-corrected chi connectivity index (χ2v) is 5.91. The number of ether oxygens (including phenoxy) is 1. The smallest absolute Gasteiger partial charge is 0.331 e. The van der Waals surface area contributed by atoms with Gasteiger partial charge in [-0.1, -0.05) is 0 Å². The Morgan fingerprint density at radius 1 is 1.45 bits per heavy atom. The average Bonchev–Trinajstić information content (AvgIpc) is 3.25. The minimum Gasteiger partial charge on any atom is -0.467 e. The highest BCUT2D eigenvalue weighted by atomic mass is 79.9. The molecule has 4 nitrogen and oxygen atoms in total. The Hall–Kier alpha value is -1.43. The first-order valence-electron chi connectivity index (χ1n) is 6.24. The maximum Gasteiger partial charge on any atom is 0.331 e. The van der Waals surface area contributed by atoms with Crippen molar-refractivity contribution in [1.82, 2.24) is 5.32 Å². The molecule has 0 heterocycles. The number of hydrogen-bond donors (Lipinski definition) is 1. The summed E-state index contributed by atoms with van der Waals surface area (Å²) in [4.78, 5) is 24.1. The van der Waals surface area contributed by atoms with Crippen molar-refractivity contribution in [3.05, 3.63) is 34.1 Å². The lowest BCUT2D eigenvalue weighted by Gasteiger charge is -2.28. The van der Waals surface area contributed by atoms with Crippen molar-refractivity contribution in [2.24, 2.45) is 5.92 Å². The molecule has 6 heteroatoms. The molecule has 1 aliphatic carbocycles. The Morgan fingerprint density at radius 3 is 2.60 bits per heavy atom. The highest BCUT2D eigenvalue weighted by molar-refractivity contribution is 9.10. The molecule has 1 aromatic rings. The first kappa shape index (κ1) is 15.0. The molecule has 108 valence electrons. The van der Waals surface area contributed by atoms with Crippen molar-refractivity contribution in [3.63, 3.8) is 0 Å². The summed E-state index contributed by atoms with van der Waals surface area (Å²) in [5.41, 5.74) is -0.749. The van der Waals surface area contributed by atoms with Gasteiger partial charge in [0.05, 0.1) is 11.6 Å². The molecule has 1 aromatic carbocycles. The number of benzene rings is 1. The molecule has 1 N–H and O–H groups in total. The van der Waals surface area contributed by atoms with Crippen LogP contribution in [-0.2, 0) is 9.53 Å². The third-order valence-corrected chi connectivity index (χ3v) is 4.17. The molecule has 1 unspecified atom stereocenters. The van der Waals surface area contributed by atoms with Crippen LogP contribution in [0, 0.1) is 11.7 Å². The van der Waals surface area contributed by atoms with Crippen LogP contribution in [0.15, 0.2) is 22.7 Å². The van der Waals surface area contributed by atoms with E-state index in [4.69, 9.17) is 4.74 Å². The van der Waals surface area contributed by atoms with E-state index in [1.165, 1.54) is 25.3 Å². The minimum absolute atomic E-state index is 0.0859. The summed E-state index contributed by atoms with van der Waals surface area (Å²) < 4.78 is 18.1. The SMILES string of the molecule is COC(=O)C(C)(NC(=O)c1ccc(F)c(Br)c1)C1CC1. The molecular formula is C14H15BrFNO3. The van der Waals surface area contributed by atoms with Crippen LogP contribution in [0.3, 0.4) is 0 Å².